The summed E-state index contributed by atoms with van der Waals surface area (Å²) >= 11 is 0. The fourth-order valence-corrected chi connectivity index (χ4v) is 2.91. The van der Waals surface area contributed by atoms with Crippen molar-refractivity contribution in [3.05, 3.63) is 24.3 Å². The molecule has 1 aliphatic carbocycles. The van der Waals surface area contributed by atoms with Gasteiger partial charge in [-0.1, -0.05) is 24.3 Å². The Balaban J connectivity index is 1.76. The van der Waals surface area contributed by atoms with E-state index in [1.165, 1.54) is 25.9 Å². The van der Waals surface area contributed by atoms with Crippen LogP contribution in [0.15, 0.2) is 24.3 Å². The summed E-state index contributed by atoms with van der Waals surface area (Å²) in [5.74, 6) is 0.838. The van der Waals surface area contributed by atoms with Gasteiger partial charge in [0, 0.05) is 31.7 Å². The standard InChI is InChI=1S/C12H18N2/c1-2-6-12-10(4-1)9-14-7-3-5-11(14)8-13-12/h1-3,5,10-13H,4,6-9H2. The summed E-state index contributed by atoms with van der Waals surface area (Å²) in [5.41, 5.74) is 0. The molecule has 0 aromatic heterocycles. The van der Waals surface area contributed by atoms with Crippen molar-refractivity contribution in [1.82, 2.24) is 10.2 Å². The maximum absolute atomic E-state index is 3.71. The van der Waals surface area contributed by atoms with E-state index in [0.717, 1.165) is 18.5 Å². The number of rotatable bonds is 0. The minimum Gasteiger partial charge on any atom is -0.311 e. The first-order valence-electron chi connectivity index (χ1n) is 5.72. The Labute approximate surface area is 85.7 Å². The molecule has 3 unspecified atom stereocenters. The van der Waals surface area contributed by atoms with Gasteiger partial charge in [-0.05, 0) is 18.8 Å². The van der Waals surface area contributed by atoms with E-state index in [-0.39, 0.29) is 0 Å². The van der Waals surface area contributed by atoms with Gasteiger partial charge in [0.15, 0.2) is 0 Å². The van der Waals surface area contributed by atoms with Gasteiger partial charge in [0.2, 0.25) is 0 Å². The van der Waals surface area contributed by atoms with E-state index in [0.29, 0.717) is 6.04 Å². The zero-order valence-electron chi connectivity index (χ0n) is 8.52. The quantitative estimate of drug-likeness (QED) is 0.577. The zero-order valence-corrected chi connectivity index (χ0v) is 8.52. The molecule has 2 aliphatic heterocycles. The number of nitrogens with zero attached hydrogens (tertiary/aromatic N) is 1. The Morgan fingerprint density at radius 2 is 2.07 bits per heavy atom. The first kappa shape index (κ1) is 8.69. The van der Waals surface area contributed by atoms with Gasteiger partial charge < -0.3 is 5.32 Å². The summed E-state index contributed by atoms with van der Waals surface area (Å²) in [6.45, 7) is 3.59. The van der Waals surface area contributed by atoms with Crippen molar-refractivity contribution < 1.29 is 0 Å². The lowest BCUT2D eigenvalue weighted by atomic mass is 9.89. The van der Waals surface area contributed by atoms with Crippen LogP contribution in [0, 0.1) is 5.92 Å². The van der Waals surface area contributed by atoms with Gasteiger partial charge in [0.05, 0.1) is 0 Å². The highest BCUT2D eigenvalue weighted by molar-refractivity contribution is 5.09. The lowest BCUT2D eigenvalue weighted by molar-refractivity contribution is 0.241. The summed E-state index contributed by atoms with van der Waals surface area (Å²) in [6, 6.07) is 1.40. The highest BCUT2D eigenvalue weighted by atomic mass is 15.2. The van der Waals surface area contributed by atoms with E-state index < -0.39 is 0 Å². The molecular weight excluding hydrogens is 172 g/mol. The van der Waals surface area contributed by atoms with Crippen LogP contribution >= 0.6 is 0 Å². The third-order valence-electron chi connectivity index (χ3n) is 3.79. The molecule has 3 aliphatic rings. The SMILES string of the molecule is C1=CCC2NCC3C=CCN3CC2C1. The van der Waals surface area contributed by atoms with E-state index in [2.05, 4.69) is 34.5 Å². The van der Waals surface area contributed by atoms with Crippen LogP contribution in [0.4, 0.5) is 0 Å². The van der Waals surface area contributed by atoms with Crippen molar-refractivity contribution in [2.24, 2.45) is 5.92 Å². The van der Waals surface area contributed by atoms with Gasteiger partial charge in [-0.25, -0.2) is 0 Å². The third kappa shape index (κ3) is 1.43. The second-order valence-corrected chi connectivity index (χ2v) is 4.67. The summed E-state index contributed by atoms with van der Waals surface area (Å²) in [7, 11) is 0. The fourth-order valence-electron chi connectivity index (χ4n) is 2.91. The number of nitrogens with one attached hydrogen (secondary N) is 1. The van der Waals surface area contributed by atoms with Gasteiger partial charge in [-0.3, -0.25) is 4.90 Å². The Bertz CT molecular complexity index is 269. The van der Waals surface area contributed by atoms with Crippen molar-refractivity contribution in [2.75, 3.05) is 19.6 Å². The van der Waals surface area contributed by atoms with Gasteiger partial charge in [-0.2, -0.15) is 0 Å². The Kier molecular flexibility index (Phi) is 2.18. The predicted octanol–water partition coefficient (Wildman–Crippen LogP) is 1.16. The molecule has 3 atom stereocenters. The molecule has 2 nitrogen and oxygen atoms in total. The molecule has 2 heterocycles. The Hall–Kier alpha value is -0.600. The van der Waals surface area contributed by atoms with Crippen LogP contribution in [0.25, 0.3) is 0 Å². The van der Waals surface area contributed by atoms with E-state index in [1.54, 1.807) is 0 Å². The van der Waals surface area contributed by atoms with Crippen molar-refractivity contribution in [1.29, 1.82) is 0 Å². The minimum atomic E-state index is 0.667. The van der Waals surface area contributed by atoms with Crippen LogP contribution in [0.2, 0.25) is 0 Å². The summed E-state index contributed by atoms with van der Waals surface area (Å²) < 4.78 is 0. The molecular formula is C12H18N2. The molecule has 0 bridgehead atoms. The maximum Gasteiger partial charge on any atom is 0.0407 e. The van der Waals surface area contributed by atoms with Crippen molar-refractivity contribution in [3.8, 4) is 0 Å². The van der Waals surface area contributed by atoms with Crippen molar-refractivity contribution in [3.63, 3.8) is 0 Å². The normalized spacial score (nSPS) is 41.9. The topological polar surface area (TPSA) is 15.3 Å². The van der Waals surface area contributed by atoms with E-state index >= 15 is 0 Å². The lowest BCUT2D eigenvalue weighted by Crippen LogP contribution is -2.38. The summed E-state index contributed by atoms with van der Waals surface area (Å²) in [4.78, 5) is 2.61. The molecule has 0 saturated carbocycles. The minimum absolute atomic E-state index is 0.667. The second kappa shape index (κ2) is 3.52. The molecule has 0 aromatic rings. The summed E-state index contributed by atoms with van der Waals surface area (Å²) in [6.07, 6.45) is 11.9. The maximum atomic E-state index is 3.71. The first-order chi connectivity index (χ1) is 6.93. The van der Waals surface area contributed by atoms with Crippen LogP contribution in [0.3, 0.4) is 0 Å². The molecule has 76 valence electrons. The lowest BCUT2D eigenvalue weighted by Gasteiger charge is -2.28. The summed E-state index contributed by atoms with van der Waals surface area (Å²) in [5, 5.41) is 3.71. The first-order valence-corrected chi connectivity index (χ1v) is 5.72. The average Bonchev–Trinajstić information content (AvgIpc) is 2.58. The van der Waals surface area contributed by atoms with Crippen molar-refractivity contribution in [2.45, 2.75) is 24.9 Å². The van der Waals surface area contributed by atoms with Gasteiger partial charge in [0.1, 0.15) is 0 Å². The zero-order chi connectivity index (χ0) is 9.38. The van der Waals surface area contributed by atoms with E-state index in [1.807, 2.05) is 0 Å². The Morgan fingerprint density at radius 1 is 1.14 bits per heavy atom. The average molecular weight is 190 g/mol. The monoisotopic (exact) mass is 190 g/mol. The van der Waals surface area contributed by atoms with Crippen LogP contribution in [-0.4, -0.2) is 36.6 Å². The molecule has 1 fully saturated rings. The number of hydrogen-bond acceptors (Lipinski definition) is 2. The fraction of sp³-hybridized carbons (Fsp3) is 0.667. The number of fused-ring (bicyclic) bond motifs is 2. The van der Waals surface area contributed by atoms with E-state index in [4.69, 9.17) is 0 Å². The predicted molar refractivity (Wildman–Crippen MR) is 58.2 cm³/mol. The van der Waals surface area contributed by atoms with Crippen LogP contribution in [0.1, 0.15) is 12.8 Å². The largest absolute Gasteiger partial charge is 0.311 e. The molecule has 3 rings (SSSR count). The van der Waals surface area contributed by atoms with Gasteiger partial charge >= 0.3 is 0 Å². The number of hydrogen-bond donors (Lipinski definition) is 1. The molecule has 0 radical (unpaired) electrons. The van der Waals surface area contributed by atoms with Crippen LogP contribution in [-0.2, 0) is 0 Å². The second-order valence-electron chi connectivity index (χ2n) is 4.67. The molecule has 0 spiro atoms. The van der Waals surface area contributed by atoms with Crippen molar-refractivity contribution >= 4 is 0 Å². The third-order valence-corrected chi connectivity index (χ3v) is 3.79. The highest BCUT2D eigenvalue weighted by Gasteiger charge is 2.31. The molecule has 0 aromatic carbocycles. The highest BCUT2D eigenvalue weighted by Crippen LogP contribution is 2.25. The molecule has 14 heavy (non-hydrogen) atoms. The van der Waals surface area contributed by atoms with Gasteiger partial charge in [-0.15, -0.1) is 0 Å². The van der Waals surface area contributed by atoms with Crippen LogP contribution < -0.4 is 5.32 Å². The number of allylic oxidation sites excluding steroid dienone is 1. The molecule has 2 heteroatoms. The van der Waals surface area contributed by atoms with E-state index in [9.17, 15) is 0 Å². The van der Waals surface area contributed by atoms with Gasteiger partial charge in [0.25, 0.3) is 0 Å². The van der Waals surface area contributed by atoms with Crippen LogP contribution in [0.5, 0.6) is 0 Å². The smallest absolute Gasteiger partial charge is 0.0407 e. The molecule has 1 saturated heterocycles. The Morgan fingerprint density at radius 3 is 3.07 bits per heavy atom. The molecule has 1 N–H and O–H groups in total. The molecule has 0 amide bonds.